The lowest BCUT2D eigenvalue weighted by Crippen LogP contribution is -2.03. The molecule has 0 radical (unpaired) electrons. The minimum atomic E-state index is -0.426. The first-order valence-electron chi connectivity index (χ1n) is 5.55. The lowest BCUT2D eigenvalue weighted by molar-refractivity contribution is -0.128. The summed E-state index contributed by atoms with van der Waals surface area (Å²) in [5.74, 6) is 0.0950. The van der Waals surface area contributed by atoms with Crippen LogP contribution in [0.3, 0.4) is 0 Å². The summed E-state index contributed by atoms with van der Waals surface area (Å²) in [5.41, 5.74) is 7.18. The van der Waals surface area contributed by atoms with E-state index < -0.39 is 5.97 Å². The summed E-state index contributed by atoms with van der Waals surface area (Å²) in [4.78, 5) is 11.5. The third-order valence-electron chi connectivity index (χ3n) is 2.36. The molecule has 2 N–H and O–H groups in total. The van der Waals surface area contributed by atoms with Gasteiger partial charge in [0.15, 0.2) is 0 Å². The van der Waals surface area contributed by atoms with E-state index in [0.29, 0.717) is 11.4 Å². The van der Waals surface area contributed by atoms with Crippen LogP contribution in [-0.2, 0) is 4.79 Å². The first-order valence-corrected chi connectivity index (χ1v) is 5.55. The average molecular weight is 239 g/mol. The van der Waals surface area contributed by atoms with Gasteiger partial charge in [-0.3, -0.25) is 0 Å². The van der Waals surface area contributed by atoms with Crippen molar-refractivity contribution in [3.63, 3.8) is 0 Å². The molecule has 0 amide bonds. The van der Waals surface area contributed by atoms with Gasteiger partial charge in [0.1, 0.15) is 5.75 Å². The van der Waals surface area contributed by atoms with Crippen molar-refractivity contribution in [2.75, 3.05) is 5.73 Å². The number of rotatable bonds is 3. The Kier molecular flexibility index (Phi) is 3.76. The third-order valence-corrected chi connectivity index (χ3v) is 2.36. The number of anilines is 1. The van der Waals surface area contributed by atoms with Gasteiger partial charge in [-0.25, -0.2) is 4.79 Å². The fourth-order valence-electron chi connectivity index (χ4n) is 1.46. The number of ether oxygens (including phenoxy) is 1. The maximum atomic E-state index is 11.5. The average Bonchev–Trinajstić information content (AvgIpc) is 2.39. The number of benzene rings is 2. The SMILES string of the molecule is Nc1ccccc1C=CC(=O)Oc1ccccc1. The quantitative estimate of drug-likeness (QED) is 0.388. The standard InChI is InChI=1S/C15H13NO2/c16-14-9-5-4-6-12(14)10-11-15(17)18-13-7-2-1-3-8-13/h1-11H,16H2. The Morgan fingerprint density at radius 3 is 2.39 bits per heavy atom. The van der Waals surface area contributed by atoms with Crippen molar-refractivity contribution >= 4 is 17.7 Å². The molecule has 3 nitrogen and oxygen atoms in total. The van der Waals surface area contributed by atoms with Crippen molar-refractivity contribution in [2.45, 2.75) is 0 Å². The van der Waals surface area contributed by atoms with Crippen molar-refractivity contribution in [3.8, 4) is 5.75 Å². The number of carbonyl (C=O) groups is 1. The summed E-state index contributed by atoms with van der Waals surface area (Å²) in [6.07, 6.45) is 3.00. The van der Waals surface area contributed by atoms with Crippen molar-refractivity contribution < 1.29 is 9.53 Å². The second-order valence-corrected chi connectivity index (χ2v) is 3.70. The molecule has 90 valence electrons. The van der Waals surface area contributed by atoms with E-state index >= 15 is 0 Å². The number of nitrogen functional groups attached to an aromatic ring is 1. The van der Waals surface area contributed by atoms with Crippen LogP contribution in [0.15, 0.2) is 60.7 Å². The number of nitrogens with two attached hydrogens (primary N) is 1. The molecule has 2 aromatic carbocycles. The highest BCUT2D eigenvalue weighted by atomic mass is 16.5. The number of para-hydroxylation sites is 2. The van der Waals surface area contributed by atoms with Crippen molar-refractivity contribution in [1.29, 1.82) is 0 Å². The van der Waals surface area contributed by atoms with Gasteiger partial charge in [0.25, 0.3) is 0 Å². The largest absolute Gasteiger partial charge is 0.423 e. The van der Waals surface area contributed by atoms with E-state index in [0.717, 1.165) is 5.56 Å². The Bertz CT molecular complexity index is 562. The predicted molar refractivity (Wildman–Crippen MR) is 72.0 cm³/mol. The molecular weight excluding hydrogens is 226 g/mol. The Morgan fingerprint density at radius 2 is 1.67 bits per heavy atom. The third kappa shape index (κ3) is 3.22. The van der Waals surface area contributed by atoms with Gasteiger partial charge in [0.2, 0.25) is 0 Å². The minimum Gasteiger partial charge on any atom is -0.423 e. The van der Waals surface area contributed by atoms with Crippen LogP contribution in [0.25, 0.3) is 6.08 Å². The van der Waals surface area contributed by atoms with Gasteiger partial charge in [-0.15, -0.1) is 0 Å². The predicted octanol–water partition coefficient (Wildman–Crippen LogP) is 2.89. The molecule has 18 heavy (non-hydrogen) atoms. The molecule has 0 aliphatic heterocycles. The smallest absolute Gasteiger partial charge is 0.336 e. The molecule has 0 unspecified atom stereocenters. The minimum absolute atomic E-state index is 0.426. The molecule has 0 fully saturated rings. The zero-order valence-electron chi connectivity index (χ0n) is 9.74. The molecule has 0 saturated heterocycles. The van der Waals surface area contributed by atoms with E-state index in [2.05, 4.69) is 0 Å². The Hall–Kier alpha value is -2.55. The van der Waals surface area contributed by atoms with Gasteiger partial charge >= 0.3 is 5.97 Å². The topological polar surface area (TPSA) is 52.3 Å². The molecule has 0 aliphatic carbocycles. The molecule has 0 aliphatic rings. The summed E-state index contributed by atoms with van der Waals surface area (Å²) in [6.45, 7) is 0. The molecule has 0 saturated carbocycles. The van der Waals surface area contributed by atoms with E-state index in [1.54, 1.807) is 24.3 Å². The highest BCUT2D eigenvalue weighted by molar-refractivity contribution is 5.89. The Labute approximate surface area is 106 Å². The zero-order valence-corrected chi connectivity index (χ0v) is 9.74. The fraction of sp³-hybridized carbons (Fsp3) is 0. The van der Waals surface area contributed by atoms with Gasteiger partial charge in [-0.2, -0.15) is 0 Å². The number of hydrogen-bond donors (Lipinski definition) is 1. The van der Waals surface area contributed by atoms with Crippen LogP contribution >= 0.6 is 0 Å². The second-order valence-electron chi connectivity index (χ2n) is 3.70. The number of esters is 1. The lowest BCUT2D eigenvalue weighted by atomic mass is 10.2. The van der Waals surface area contributed by atoms with Gasteiger partial charge in [-0.1, -0.05) is 36.4 Å². The van der Waals surface area contributed by atoms with Crippen LogP contribution in [0.1, 0.15) is 5.56 Å². The molecule has 2 aromatic rings. The molecule has 3 heteroatoms. The molecule has 0 spiro atoms. The summed E-state index contributed by atoms with van der Waals surface area (Å²) < 4.78 is 5.11. The van der Waals surface area contributed by atoms with E-state index in [1.165, 1.54) is 6.08 Å². The number of carbonyl (C=O) groups excluding carboxylic acids is 1. The van der Waals surface area contributed by atoms with Crippen LogP contribution in [0.5, 0.6) is 5.75 Å². The monoisotopic (exact) mass is 239 g/mol. The van der Waals surface area contributed by atoms with Gasteiger partial charge in [-0.05, 0) is 29.8 Å². The van der Waals surface area contributed by atoms with Crippen molar-refractivity contribution in [3.05, 3.63) is 66.2 Å². The van der Waals surface area contributed by atoms with Crippen LogP contribution in [0.4, 0.5) is 5.69 Å². The molecule has 0 bridgehead atoms. The molecular formula is C15H13NO2. The Balaban J connectivity index is 2.02. The van der Waals surface area contributed by atoms with Crippen molar-refractivity contribution in [2.24, 2.45) is 0 Å². The highest BCUT2D eigenvalue weighted by Gasteiger charge is 1.99. The van der Waals surface area contributed by atoms with Crippen LogP contribution in [-0.4, -0.2) is 5.97 Å². The maximum absolute atomic E-state index is 11.5. The first kappa shape index (κ1) is 11.9. The zero-order chi connectivity index (χ0) is 12.8. The van der Waals surface area contributed by atoms with E-state index in [1.807, 2.05) is 36.4 Å². The lowest BCUT2D eigenvalue weighted by Gasteiger charge is -2.00. The maximum Gasteiger partial charge on any atom is 0.336 e. The molecule has 0 heterocycles. The van der Waals surface area contributed by atoms with E-state index in [-0.39, 0.29) is 0 Å². The van der Waals surface area contributed by atoms with Crippen LogP contribution < -0.4 is 10.5 Å². The van der Waals surface area contributed by atoms with Crippen molar-refractivity contribution in [1.82, 2.24) is 0 Å². The summed E-state index contributed by atoms with van der Waals surface area (Å²) in [7, 11) is 0. The molecule has 0 aromatic heterocycles. The van der Waals surface area contributed by atoms with Crippen LogP contribution in [0, 0.1) is 0 Å². The summed E-state index contributed by atoms with van der Waals surface area (Å²) in [5, 5.41) is 0. The second kappa shape index (κ2) is 5.68. The first-order chi connectivity index (χ1) is 8.75. The van der Waals surface area contributed by atoms with E-state index in [4.69, 9.17) is 10.5 Å². The number of hydrogen-bond acceptors (Lipinski definition) is 3. The Morgan fingerprint density at radius 1 is 1.00 bits per heavy atom. The van der Waals surface area contributed by atoms with Gasteiger partial charge < -0.3 is 10.5 Å². The fourth-order valence-corrected chi connectivity index (χ4v) is 1.46. The molecule has 0 atom stereocenters. The summed E-state index contributed by atoms with van der Waals surface area (Å²) >= 11 is 0. The van der Waals surface area contributed by atoms with E-state index in [9.17, 15) is 4.79 Å². The normalized spacial score (nSPS) is 10.4. The summed E-state index contributed by atoms with van der Waals surface area (Å²) in [6, 6.07) is 16.2. The highest BCUT2D eigenvalue weighted by Crippen LogP contribution is 2.13. The van der Waals surface area contributed by atoms with Gasteiger partial charge in [0.05, 0.1) is 0 Å². The van der Waals surface area contributed by atoms with Crippen LogP contribution in [0.2, 0.25) is 0 Å². The molecule has 2 rings (SSSR count). The van der Waals surface area contributed by atoms with Gasteiger partial charge in [0, 0.05) is 11.8 Å².